The van der Waals surface area contributed by atoms with E-state index in [1.54, 1.807) is 11.0 Å². The second kappa shape index (κ2) is 4.94. The van der Waals surface area contributed by atoms with E-state index < -0.39 is 6.10 Å². The molecule has 1 aromatic rings. The number of anilines is 1. The van der Waals surface area contributed by atoms with Gasteiger partial charge in [0, 0.05) is 12.2 Å². The average molecular weight is 272 g/mol. The van der Waals surface area contributed by atoms with Crippen molar-refractivity contribution in [3.05, 3.63) is 42.5 Å². The van der Waals surface area contributed by atoms with E-state index in [-0.39, 0.29) is 18.1 Å². The summed E-state index contributed by atoms with van der Waals surface area (Å²) < 4.78 is 0. The summed E-state index contributed by atoms with van der Waals surface area (Å²) in [6.45, 7) is 4.84. The SMILES string of the molecule is CC(C)CN1C(=O)N(c2ccccc2)C2C=C[C@@H](O)[C@@H]21. The molecule has 0 radical (unpaired) electrons. The molecule has 106 valence electrons. The van der Waals surface area contributed by atoms with Gasteiger partial charge in [0.1, 0.15) is 0 Å². The van der Waals surface area contributed by atoms with E-state index in [1.165, 1.54) is 0 Å². The lowest BCUT2D eigenvalue weighted by molar-refractivity contribution is 0.116. The maximum absolute atomic E-state index is 12.7. The van der Waals surface area contributed by atoms with Crippen LogP contribution in [0.2, 0.25) is 0 Å². The number of benzene rings is 1. The van der Waals surface area contributed by atoms with Crippen molar-refractivity contribution < 1.29 is 9.90 Å². The average Bonchev–Trinajstić information content (AvgIpc) is 2.91. The number of fused-ring (bicyclic) bond motifs is 1. The summed E-state index contributed by atoms with van der Waals surface area (Å²) in [5.74, 6) is 0.378. The zero-order valence-electron chi connectivity index (χ0n) is 11.8. The number of para-hydroxylation sites is 1. The molecule has 0 aromatic heterocycles. The van der Waals surface area contributed by atoms with Gasteiger partial charge in [-0.25, -0.2) is 4.79 Å². The van der Waals surface area contributed by atoms with Crippen molar-refractivity contribution in [2.45, 2.75) is 32.0 Å². The molecule has 1 heterocycles. The Morgan fingerprint density at radius 3 is 2.55 bits per heavy atom. The number of aliphatic hydroxyl groups excluding tert-OH is 1. The second-order valence-corrected chi connectivity index (χ2v) is 5.89. The van der Waals surface area contributed by atoms with Crippen molar-refractivity contribution in [1.29, 1.82) is 0 Å². The van der Waals surface area contributed by atoms with Crippen LogP contribution in [-0.4, -0.2) is 40.8 Å². The Bertz CT molecular complexity index is 527. The standard InChI is InChI=1S/C16H20N2O2/c1-11(2)10-17-15-13(8-9-14(15)19)18(16(17)20)12-6-4-3-5-7-12/h3-9,11,13-15,19H,10H2,1-2H3/t13?,14-,15-/m1/s1. The third-order valence-electron chi connectivity index (χ3n) is 3.91. The lowest BCUT2D eigenvalue weighted by atomic mass is 10.1. The summed E-state index contributed by atoms with van der Waals surface area (Å²) in [7, 11) is 0. The van der Waals surface area contributed by atoms with Gasteiger partial charge in [-0.1, -0.05) is 44.2 Å². The number of carbonyl (C=O) groups excluding carboxylic acids is 1. The number of hydrogen-bond donors (Lipinski definition) is 1. The fraction of sp³-hybridized carbons (Fsp3) is 0.438. The molecule has 1 fully saturated rings. The van der Waals surface area contributed by atoms with Gasteiger partial charge >= 0.3 is 6.03 Å². The van der Waals surface area contributed by atoms with Gasteiger partial charge in [0.25, 0.3) is 0 Å². The highest BCUT2D eigenvalue weighted by Gasteiger charge is 2.50. The fourth-order valence-electron chi connectivity index (χ4n) is 3.12. The van der Waals surface area contributed by atoms with Gasteiger partial charge < -0.3 is 10.0 Å². The van der Waals surface area contributed by atoms with Crippen molar-refractivity contribution in [2.24, 2.45) is 5.92 Å². The van der Waals surface area contributed by atoms with Crippen molar-refractivity contribution in [3.63, 3.8) is 0 Å². The van der Waals surface area contributed by atoms with Crippen LogP contribution in [0.15, 0.2) is 42.5 Å². The number of urea groups is 1. The Balaban J connectivity index is 1.96. The molecule has 1 unspecified atom stereocenters. The molecule has 0 spiro atoms. The monoisotopic (exact) mass is 272 g/mol. The van der Waals surface area contributed by atoms with Gasteiger partial charge in [-0.15, -0.1) is 0 Å². The highest BCUT2D eigenvalue weighted by Crippen LogP contribution is 2.35. The lowest BCUT2D eigenvalue weighted by Gasteiger charge is -2.26. The molecule has 4 heteroatoms. The molecule has 1 aromatic carbocycles. The van der Waals surface area contributed by atoms with Gasteiger partial charge in [0.15, 0.2) is 0 Å². The molecule has 1 saturated heterocycles. The first-order valence-corrected chi connectivity index (χ1v) is 7.11. The molecule has 2 aliphatic rings. The predicted octanol–water partition coefficient (Wildman–Crippen LogP) is 2.25. The smallest absolute Gasteiger partial charge is 0.325 e. The highest BCUT2D eigenvalue weighted by molar-refractivity contribution is 5.96. The zero-order valence-corrected chi connectivity index (χ0v) is 11.8. The summed E-state index contributed by atoms with van der Waals surface area (Å²) in [5, 5.41) is 10.2. The minimum Gasteiger partial charge on any atom is -0.387 e. The normalized spacial score (nSPS) is 28.6. The molecule has 1 aliphatic heterocycles. The van der Waals surface area contributed by atoms with Crippen LogP contribution in [0, 0.1) is 5.92 Å². The van der Waals surface area contributed by atoms with Crippen LogP contribution in [0.25, 0.3) is 0 Å². The summed E-state index contributed by atoms with van der Waals surface area (Å²) >= 11 is 0. The maximum Gasteiger partial charge on any atom is 0.325 e. The minimum atomic E-state index is -0.573. The van der Waals surface area contributed by atoms with Crippen LogP contribution < -0.4 is 4.90 Å². The van der Waals surface area contributed by atoms with Gasteiger partial charge in [-0.3, -0.25) is 4.90 Å². The van der Waals surface area contributed by atoms with Crippen molar-refractivity contribution in [2.75, 3.05) is 11.4 Å². The van der Waals surface area contributed by atoms with E-state index >= 15 is 0 Å². The first kappa shape index (κ1) is 13.2. The van der Waals surface area contributed by atoms with Crippen LogP contribution >= 0.6 is 0 Å². The van der Waals surface area contributed by atoms with Gasteiger partial charge in [-0.2, -0.15) is 0 Å². The first-order chi connectivity index (χ1) is 9.59. The van der Waals surface area contributed by atoms with Gasteiger partial charge in [-0.05, 0) is 18.1 Å². The molecule has 0 bridgehead atoms. The maximum atomic E-state index is 12.7. The summed E-state index contributed by atoms with van der Waals surface area (Å²) in [4.78, 5) is 16.3. The first-order valence-electron chi connectivity index (χ1n) is 7.11. The number of amides is 2. The minimum absolute atomic E-state index is 0.0108. The molecule has 3 atom stereocenters. The Labute approximate surface area is 119 Å². The van der Waals surface area contributed by atoms with E-state index in [1.807, 2.05) is 41.3 Å². The second-order valence-electron chi connectivity index (χ2n) is 5.89. The Morgan fingerprint density at radius 1 is 1.20 bits per heavy atom. The molecular weight excluding hydrogens is 252 g/mol. The summed E-state index contributed by atoms with van der Waals surface area (Å²) in [6, 6.07) is 9.42. The van der Waals surface area contributed by atoms with E-state index in [9.17, 15) is 9.90 Å². The number of carbonyl (C=O) groups is 1. The Kier molecular flexibility index (Phi) is 3.26. The van der Waals surface area contributed by atoms with Crippen LogP contribution in [0.4, 0.5) is 10.5 Å². The van der Waals surface area contributed by atoms with Gasteiger partial charge in [0.05, 0.1) is 18.2 Å². The topological polar surface area (TPSA) is 43.8 Å². The van der Waals surface area contributed by atoms with E-state index in [4.69, 9.17) is 0 Å². The number of nitrogens with zero attached hydrogens (tertiary/aromatic N) is 2. The third kappa shape index (κ3) is 2.00. The van der Waals surface area contributed by atoms with Crippen molar-refractivity contribution >= 4 is 11.7 Å². The molecular formula is C16H20N2O2. The van der Waals surface area contributed by atoms with E-state index in [2.05, 4.69) is 13.8 Å². The van der Waals surface area contributed by atoms with Gasteiger partial charge in [0.2, 0.25) is 0 Å². The molecule has 4 nitrogen and oxygen atoms in total. The zero-order chi connectivity index (χ0) is 14.3. The van der Waals surface area contributed by atoms with Crippen LogP contribution in [0.3, 0.4) is 0 Å². The largest absolute Gasteiger partial charge is 0.387 e. The molecule has 2 amide bonds. The number of aliphatic hydroxyl groups is 1. The Hall–Kier alpha value is -1.81. The van der Waals surface area contributed by atoms with Crippen LogP contribution in [0.5, 0.6) is 0 Å². The van der Waals surface area contributed by atoms with Crippen molar-refractivity contribution in [1.82, 2.24) is 4.90 Å². The third-order valence-corrected chi connectivity index (χ3v) is 3.91. The highest BCUT2D eigenvalue weighted by atomic mass is 16.3. The molecule has 0 saturated carbocycles. The number of hydrogen-bond acceptors (Lipinski definition) is 2. The van der Waals surface area contributed by atoms with E-state index in [0.29, 0.717) is 12.5 Å². The quantitative estimate of drug-likeness (QED) is 0.858. The van der Waals surface area contributed by atoms with Crippen LogP contribution in [0.1, 0.15) is 13.8 Å². The summed E-state index contributed by atoms with van der Waals surface area (Å²) in [6.07, 6.45) is 3.17. The Morgan fingerprint density at radius 2 is 1.90 bits per heavy atom. The fourth-order valence-corrected chi connectivity index (χ4v) is 3.12. The molecule has 3 rings (SSSR count). The molecule has 20 heavy (non-hydrogen) atoms. The van der Waals surface area contributed by atoms with Crippen molar-refractivity contribution in [3.8, 4) is 0 Å². The lowest BCUT2D eigenvalue weighted by Crippen LogP contribution is -2.43. The summed E-state index contributed by atoms with van der Waals surface area (Å²) in [5.41, 5.74) is 0.887. The molecule has 1 aliphatic carbocycles. The number of rotatable bonds is 3. The van der Waals surface area contributed by atoms with Crippen LogP contribution in [-0.2, 0) is 0 Å². The predicted molar refractivity (Wildman–Crippen MR) is 78.6 cm³/mol. The molecule has 1 N–H and O–H groups in total. The van der Waals surface area contributed by atoms with E-state index in [0.717, 1.165) is 5.69 Å².